The number of benzene rings is 1. The third kappa shape index (κ3) is 3.71. The highest BCUT2D eigenvalue weighted by molar-refractivity contribution is 6.02. The van der Waals surface area contributed by atoms with E-state index in [1.807, 2.05) is 51.2 Å². The summed E-state index contributed by atoms with van der Waals surface area (Å²) in [5.74, 6) is -0.307. The van der Waals surface area contributed by atoms with E-state index in [2.05, 4.69) is 20.7 Å². The van der Waals surface area contributed by atoms with Crippen LogP contribution < -0.4 is 10.6 Å². The van der Waals surface area contributed by atoms with Crippen molar-refractivity contribution in [2.45, 2.75) is 27.3 Å². The Bertz CT molecular complexity index is 1210. The van der Waals surface area contributed by atoms with Crippen LogP contribution in [0.15, 0.2) is 55.0 Å². The van der Waals surface area contributed by atoms with E-state index >= 15 is 0 Å². The van der Waals surface area contributed by atoms with Gasteiger partial charge in [0.25, 0.3) is 5.91 Å². The summed E-state index contributed by atoms with van der Waals surface area (Å²) in [5.41, 5.74) is 3.28. The van der Waals surface area contributed by atoms with Crippen molar-refractivity contribution in [3.8, 4) is 0 Å². The number of carbonyl (C=O) groups excluding carboxylic acids is 2. The van der Waals surface area contributed by atoms with Gasteiger partial charge in [-0.05, 0) is 29.8 Å². The minimum atomic E-state index is -0.508. The quantitative estimate of drug-likeness (QED) is 0.497. The first kappa shape index (κ1) is 18.7. The highest BCUT2D eigenvalue weighted by Crippen LogP contribution is 2.21. The minimum Gasteiger partial charge on any atom is -0.361 e. The van der Waals surface area contributed by atoms with E-state index in [-0.39, 0.29) is 11.8 Å². The molecule has 0 saturated heterocycles. The zero-order valence-electron chi connectivity index (χ0n) is 16.6. The molecular weight excluding hydrogens is 366 g/mol. The molecule has 0 unspecified atom stereocenters. The predicted molar refractivity (Wildman–Crippen MR) is 113 cm³/mol. The molecule has 7 heteroatoms. The summed E-state index contributed by atoms with van der Waals surface area (Å²) in [7, 11) is 0. The lowest BCUT2D eigenvalue weighted by molar-refractivity contribution is -0.123. The molecule has 0 aliphatic carbocycles. The van der Waals surface area contributed by atoms with Crippen LogP contribution in [0.5, 0.6) is 0 Å². The molecule has 29 heavy (non-hydrogen) atoms. The molecule has 3 heterocycles. The lowest BCUT2D eigenvalue weighted by Gasteiger charge is -2.17. The summed E-state index contributed by atoms with van der Waals surface area (Å²) in [6, 6.07) is 11.5. The second kappa shape index (κ2) is 7.09. The van der Waals surface area contributed by atoms with Crippen molar-refractivity contribution in [2.75, 3.05) is 5.32 Å². The molecule has 4 aromatic rings. The van der Waals surface area contributed by atoms with Crippen LogP contribution in [-0.4, -0.2) is 26.4 Å². The molecule has 0 aliphatic heterocycles. The van der Waals surface area contributed by atoms with Crippen LogP contribution in [-0.2, 0) is 11.3 Å². The second-order valence-corrected chi connectivity index (χ2v) is 8.05. The van der Waals surface area contributed by atoms with Crippen LogP contribution in [0, 0.1) is 5.41 Å². The normalized spacial score (nSPS) is 11.7. The molecule has 4 rings (SSSR count). The van der Waals surface area contributed by atoms with Crippen molar-refractivity contribution >= 4 is 33.9 Å². The van der Waals surface area contributed by atoms with Crippen molar-refractivity contribution in [3.63, 3.8) is 0 Å². The molecule has 0 spiro atoms. The Balaban J connectivity index is 1.55. The average Bonchev–Trinajstić information content (AvgIpc) is 3.32. The number of H-pyrrole nitrogens is 1. The zero-order chi connectivity index (χ0) is 20.6. The van der Waals surface area contributed by atoms with Gasteiger partial charge < -0.3 is 15.6 Å². The first-order valence-corrected chi connectivity index (χ1v) is 9.45. The van der Waals surface area contributed by atoms with Crippen LogP contribution in [0.4, 0.5) is 5.69 Å². The average molecular weight is 389 g/mol. The van der Waals surface area contributed by atoms with Crippen LogP contribution in [0.3, 0.4) is 0 Å². The van der Waals surface area contributed by atoms with E-state index in [0.29, 0.717) is 23.3 Å². The topological polar surface area (TPSA) is 91.3 Å². The Labute approximate surface area is 168 Å². The van der Waals surface area contributed by atoms with Gasteiger partial charge in [0.05, 0.1) is 17.3 Å². The lowest BCUT2D eigenvalue weighted by Crippen LogP contribution is -2.27. The van der Waals surface area contributed by atoms with Gasteiger partial charge in [-0.2, -0.15) is 5.10 Å². The van der Waals surface area contributed by atoms with Crippen molar-refractivity contribution in [1.82, 2.24) is 19.9 Å². The highest BCUT2D eigenvalue weighted by atomic mass is 16.2. The third-order valence-corrected chi connectivity index (χ3v) is 4.83. The highest BCUT2D eigenvalue weighted by Gasteiger charge is 2.21. The smallest absolute Gasteiger partial charge is 0.255 e. The maximum atomic E-state index is 12.8. The van der Waals surface area contributed by atoms with Crippen LogP contribution in [0.1, 0.15) is 36.7 Å². The standard InChI is InChI=1S/C22H23N5O2/c1-22(2,3)21(29)26-15-8-10-27-19(11-15)17(13-25-27)20(28)24-12-14-5-4-6-18-16(14)7-9-23-18/h4-11,13,23H,12H2,1-3H3,(H,24,28)(H,26,29). The summed E-state index contributed by atoms with van der Waals surface area (Å²) in [6.45, 7) is 5.96. The van der Waals surface area contributed by atoms with Crippen molar-refractivity contribution in [2.24, 2.45) is 5.41 Å². The molecule has 0 aliphatic rings. The molecule has 0 saturated carbocycles. The van der Waals surface area contributed by atoms with E-state index in [0.717, 1.165) is 16.5 Å². The fraction of sp³-hybridized carbons (Fsp3) is 0.227. The zero-order valence-corrected chi connectivity index (χ0v) is 16.6. The van der Waals surface area contributed by atoms with E-state index in [4.69, 9.17) is 0 Å². The molecule has 0 bridgehead atoms. The number of rotatable bonds is 4. The first-order chi connectivity index (χ1) is 13.8. The van der Waals surface area contributed by atoms with E-state index in [9.17, 15) is 9.59 Å². The Morgan fingerprint density at radius 2 is 2.00 bits per heavy atom. The number of amides is 2. The molecule has 3 N–H and O–H groups in total. The van der Waals surface area contributed by atoms with Crippen LogP contribution in [0.25, 0.3) is 16.4 Å². The summed E-state index contributed by atoms with van der Waals surface area (Å²) in [4.78, 5) is 28.2. The maximum absolute atomic E-state index is 12.8. The Hall–Kier alpha value is -3.61. The number of pyridine rings is 1. The van der Waals surface area contributed by atoms with Gasteiger partial charge in [-0.3, -0.25) is 9.59 Å². The number of hydrogen-bond acceptors (Lipinski definition) is 3. The molecule has 2 amide bonds. The number of carbonyl (C=O) groups is 2. The van der Waals surface area contributed by atoms with Crippen molar-refractivity contribution in [1.29, 1.82) is 0 Å². The molecule has 1 aromatic carbocycles. The lowest BCUT2D eigenvalue weighted by atomic mass is 9.95. The molecule has 3 aromatic heterocycles. The van der Waals surface area contributed by atoms with Gasteiger partial charge in [0, 0.05) is 40.9 Å². The largest absolute Gasteiger partial charge is 0.361 e. The number of nitrogens with zero attached hydrogens (tertiary/aromatic N) is 2. The van der Waals surface area contributed by atoms with E-state index in [1.165, 1.54) is 6.20 Å². The number of nitrogens with one attached hydrogen (secondary N) is 3. The van der Waals surface area contributed by atoms with Crippen LogP contribution in [0.2, 0.25) is 0 Å². The fourth-order valence-electron chi connectivity index (χ4n) is 3.13. The van der Waals surface area contributed by atoms with Crippen molar-refractivity contribution in [3.05, 3.63) is 66.1 Å². The van der Waals surface area contributed by atoms with Gasteiger partial charge in [0.1, 0.15) is 0 Å². The molecule has 0 radical (unpaired) electrons. The van der Waals surface area contributed by atoms with E-state index in [1.54, 1.807) is 22.8 Å². The second-order valence-electron chi connectivity index (χ2n) is 8.05. The summed E-state index contributed by atoms with van der Waals surface area (Å²) < 4.78 is 1.62. The summed E-state index contributed by atoms with van der Waals surface area (Å²) in [5, 5.41) is 11.2. The monoisotopic (exact) mass is 389 g/mol. The molecule has 0 atom stereocenters. The molecular formula is C22H23N5O2. The van der Waals surface area contributed by atoms with Crippen molar-refractivity contribution < 1.29 is 9.59 Å². The maximum Gasteiger partial charge on any atom is 0.255 e. The van der Waals surface area contributed by atoms with Crippen LogP contribution >= 0.6 is 0 Å². The predicted octanol–water partition coefficient (Wildman–Crippen LogP) is 3.73. The van der Waals surface area contributed by atoms with Gasteiger partial charge in [-0.25, -0.2) is 4.52 Å². The number of anilines is 1. The number of fused-ring (bicyclic) bond motifs is 2. The third-order valence-electron chi connectivity index (χ3n) is 4.83. The Morgan fingerprint density at radius 1 is 1.17 bits per heavy atom. The summed E-state index contributed by atoms with van der Waals surface area (Å²) >= 11 is 0. The van der Waals surface area contributed by atoms with E-state index < -0.39 is 5.41 Å². The SMILES string of the molecule is CC(C)(C)C(=O)Nc1ccn2ncc(C(=O)NCc3cccc4[nH]ccc34)c2c1. The minimum absolute atomic E-state index is 0.0908. The Morgan fingerprint density at radius 3 is 2.79 bits per heavy atom. The molecule has 7 nitrogen and oxygen atoms in total. The molecule has 148 valence electrons. The fourth-order valence-corrected chi connectivity index (χ4v) is 3.13. The number of aromatic amines is 1. The molecule has 0 fully saturated rings. The first-order valence-electron chi connectivity index (χ1n) is 9.45. The van der Waals surface area contributed by atoms with Gasteiger partial charge in [0.15, 0.2) is 0 Å². The van der Waals surface area contributed by atoms with Gasteiger partial charge >= 0.3 is 0 Å². The van der Waals surface area contributed by atoms with Gasteiger partial charge in [0.2, 0.25) is 5.91 Å². The summed E-state index contributed by atoms with van der Waals surface area (Å²) in [6.07, 6.45) is 5.15. The van der Waals surface area contributed by atoms with Gasteiger partial charge in [-0.15, -0.1) is 0 Å². The number of hydrogen-bond donors (Lipinski definition) is 3. The Kier molecular flexibility index (Phi) is 4.58. The van der Waals surface area contributed by atoms with Gasteiger partial charge in [-0.1, -0.05) is 32.9 Å². The number of aromatic nitrogens is 3.